The summed E-state index contributed by atoms with van der Waals surface area (Å²) in [5, 5.41) is 6.63. The second kappa shape index (κ2) is 8.94. The summed E-state index contributed by atoms with van der Waals surface area (Å²) in [5.41, 5.74) is -0.524. The van der Waals surface area contributed by atoms with E-state index in [0.29, 0.717) is 22.8 Å². The molecule has 0 aliphatic carbocycles. The smallest absolute Gasteiger partial charge is 0.226 e. The predicted octanol–water partition coefficient (Wildman–Crippen LogP) is 4.39. The average Bonchev–Trinajstić information content (AvgIpc) is 2.86. The van der Waals surface area contributed by atoms with Gasteiger partial charge in [-0.1, -0.05) is 25.4 Å². The third kappa shape index (κ3) is 4.66. The number of nitrogens with one attached hydrogen (secondary N) is 1. The number of nitrogens with zero attached hydrogens (tertiary/aromatic N) is 2. The SMILES string of the molecule is Cc1nn(C)c(CC(=O)NCc2c(F)c(F)c(CCC(C)C)c(F)c2F)c1Cl. The minimum absolute atomic E-state index is 0.117. The van der Waals surface area contributed by atoms with Crippen molar-refractivity contribution in [2.75, 3.05) is 0 Å². The van der Waals surface area contributed by atoms with Gasteiger partial charge in [-0.15, -0.1) is 0 Å². The largest absolute Gasteiger partial charge is 0.351 e. The molecule has 1 aromatic heterocycles. The van der Waals surface area contributed by atoms with Crippen LogP contribution < -0.4 is 5.32 Å². The van der Waals surface area contributed by atoms with E-state index in [1.54, 1.807) is 14.0 Å². The monoisotopic (exact) mass is 419 g/mol. The van der Waals surface area contributed by atoms with Crippen LogP contribution in [0.2, 0.25) is 5.02 Å². The molecule has 28 heavy (non-hydrogen) atoms. The van der Waals surface area contributed by atoms with Crippen LogP contribution in [0.1, 0.15) is 42.8 Å². The predicted molar refractivity (Wildman–Crippen MR) is 97.9 cm³/mol. The second-order valence-electron chi connectivity index (χ2n) is 7.07. The average molecular weight is 420 g/mol. The van der Waals surface area contributed by atoms with Crippen LogP contribution in [0.25, 0.3) is 0 Å². The molecule has 1 N–H and O–H groups in total. The lowest BCUT2D eigenvalue weighted by Gasteiger charge is -2.13. The Morgan fingerprint density at radius 1 is 1.11 bits per heavy atom. The molecule has 9 heteroatoms. The normalized spacial score (nSPS) is 11.4. The maximum absolute atomic E-state index is 14.3. The minimum Gasteiger partial charge on any atom is -0.351 e. The van der Waals surface area contributed by atoms with Crippen molar-refractivity contribution in [2.24, 2.45) is 13.0 Å². The first kappa shape index (κ1) is 22.2. The molecule has 0 atom stereocenters. The fraction of sp³-hybridized carbons (Fsp3) is 0.474. The molecule has 1 heterocycles. The van der Waals surface area contributed by atoms with Crippen molar-refractivity contribution in [2.45, 2.75) is 46.6 Å². The molecule has 154 valence electrons. The van der Waals surface area contributed by atoms with Crippen molar-refractivity contribution in [3.05, 3.63) is 50.8 Å². The number of halogens is 5. The van der Waals surface area contributed by atoms with E-state index in [1.165, 1.54) is 4.68 Å². The Labute approximate surface area is 165 Å². The molecular weight excluding hydrogens is 398 g/mol. The molecule has 0 saturated heterocycles. The molecule has 0 unspecified atom stereocenters. The number of amides is 1. The van der Waals surface area contributed by atoms with Gasteiger partial charge in [0.1, 0.15) is 0 Å². The number of carbonyl (C=O) groups excluding carboxylic acids is 1. The van der Waals surface area contributed by atoms with Gasteiger partial charge in [-0.05, 0) is 25.7 Å². The first-order valence-corrected chi connectivity index (χ1v) is 9.20. The molecule has 0 aliphatic rings. The quantitative estimate of drug-likeness (QED) is 0.534. The molecule has 0 fully saturated rings. The molecule has 2 rings (SSSR count). The van der Waals surface area contributed by atoms with Gasteiger partial charge in [-0.25, -0.2) is 17.6 Å². The van der Waals surface area contributed by atoms with Crippen LogP contribution in [0.15, 0.2) is 0 Å². The second-order valence-corrected chi connectivity index (χ2v) is 7.45. The summed E-state index contributed by atoms with van der Waals surface area (Å²) in [5.74, 6) is -6.33. The van der Waals surface area contributed by atoms with Crippen LogP contribution in [0, 0.1) is 36.1 Å². The van der Waals surface area contributed by atoms with Crippen LogP contribution in [-0.4, -0.2) is 15.7 Å². The molecule has 2 aromatic rings. The summed E-state index contributed by atoms with van der Waals surface area (Å²) >= 11 is 6.05. The van der Waals surface area contributed by atoms with Crippen molar-refractivity contribution >= 4 is 17.5 Å². The van der Waals surface area contributed by atoms with Gasteiger partial charge in [0.25, 0.3) is 0 Å². The van der Waals surface area contributed by atoms with Crippen molar-refractivity contribution in [1.29, 1.82) is 0 Å². The Morgan fingerprint density at radius 3 is 2.11 bits per heavy atom. The Morgan fingerprint density at radius 2 is 1.64 bits per heavy atom. The van der Waals surface area contributed by atoms with Crippen LogP contribution in [0.4, 0.5) is 17.6 Å². The molecule has 0 aliphatic heterocycles. The Kier molecular flexibility index (Phi) is 7.09. The summed E-state index contributed by atoms with van der Waals surface area (Å²) in [6.07, 6.45) is 0.0681. The fourth-order valence-corrected chi connectivity index (χ4v) is 3.03. The molecule has 1 aromatic carbocycles. The topological polar surface area (TPSA) is 46.9 Å². The van der Waals surface area contributed by atoms with Gasteiger partial charge < -0.3 is 5.32 Å². The highest BCUT2D eigenvalue weighted by molar-refractivity contribution is 6.32. The summed E-state index contributed by atoms with van der Waals surface area (Å²) < 4.78 is 58.4. The van der Waals surface area contributed by atoms with Gasteiger partial charge in [-0.2, -0.15) is 5.10 Å². The lowest BCUT2D eigenvalue weighted by Crippen LogP contribution is -2.27. The van der Waals surface area contributed by atoms with E-state index in [-0.39, 0.29) is 18.8 Å². The molecule has 1 amide bonds. The number of benzene rings is 1. The van der Waals surface area contributed by atoms with E-state index in [9.17, 15) is 22.4 Å². The maximum Gasteiger partial charge on any atom is 0.226 e. The summed E-state index contributed by atoms with van der Waals surface area (Å²) in [6, 6.07) is 0. The van der Waals surface area contributed by atoms with Crippen molar-refractivity contribution in [3.63, 3.8) is 0 Å². The molecule has 0 spiro atoms. The molecule has 0 saturated carbocycles. The van der Waals surface area contributed by atoms with Gasteiger partial charge in [0, 0.05) is 24.7 Å². The van der Waals surface area contributed by atoms with Crippen molar-refractivity contribution in [1.82, 2.24) is 15.1 Å². The highest BCUT2D eigenvalue weighted by Crippen LogP contribution is 2.26. The standard InChI is InChI=1S/C19H22ClF4N3O/c1-9(2)5-6-11-16(21)18(23)12(19(24)17(11)22)8-25-14(28)7-13-15(20)10(3)26-27(13)4/h9H,5-8H2,1-4H3,(H,25,28). The fourth-order valence-electron chi connectivity index (χ4n) is 2.80. The molecule has 4 nitrogen and oxygen atoms in total. The Hall–Kier alpha value is -2.09. The highest BCUT2D eigenvalue weighted by atomic mass is 35.5. The van der Waals surface area contributed by atoms with Crippen LogP contribution in [-0.2, 0) is 31.2 Å². The summed E-state index contributed by atoms with van der Waals surface area (Å²) in [7, 11) is 1.60. The van der Waals surface area contributed by atoms with Gasteiger partial charge >= 0.3 is 0 Å². The van der Waals surface area contributed by atoms with E-state index in [1.807, 2.05) is 13.8 Å². The van der Waals surface area contributed by atoms with Crippen molar-refractivity contribution < 1.29 is 22.4 Å². The first-order valence-electron chi connectivity index (χ1n) is 8.82. The summed E-state index contributed by atoms with van der Waals surface area (Å²) in [6.45, 7) is 4.65. The maximum atomic E-state index is 14.3. The van der Waals surface area contributed by atoms with E-state index < -0.39 is 46.8 Å². The van der Waals surface area contributed by atoms with Crippen LogP contribution >= 0.6 is 11.6 Å². The number of aromatic nitrogens is 2. The van der Waals surface area contributed by atoms with E-state index in [2.05, 4.69) is 10.4 Å². The van der Waals surface area contributed by atoms with E-state index in [0.717, 1.165) is 0 Å². The highest BCUT2D eigenvalue weighted by Gasteiger charge is 2.25. The minimum atomic E-state index is -1.49. The number of rotatable bonds is 7. The Bertz CT molecular complexity index is 867. The number of carbonyl (C=O) groups is 1. The number of aryl methyl sites for hydroxylation is 2. The lowest BCUT2D eigenvalue weighted by atomic mass is 9.99. The molecule has 0 radical (unpaired) electrons. The molecule has 0 bridgehead atoms. The zero-order chi connectivity index (χ0) is 21.2. The Balaban J connectivity index is 2.16. The van der Waals surface area contributed by atoms with E-state index >= 15 is 0 Å². The van der Waals surface area contributed by atoms with Gasteiger partial charge in [0.15, 0.2) is 23.3 Å². The van der Waals surface area contributed by atoms with Crippen molar-refractivity contribution in [3.8, 4) is 0 Å². The van der Waals surface area contributed by atoms with E-state index in [4.69, 9.17) is 11.6 Å². The zero-order valence-electron chi connectivity index (χ0n) is 16.1. The van der Waals surface area contributed by atoms with Gasteiger partial charge in [0.05, 0.1) is 22.8 Å². The third-order valence-corrected chi connectivity index (χ3v) is 4.96. The lowest BCUT2D eigenvalue weighted by molar-refractivity contribution is -0.120. The third-order valence-electron chi connectivity index (χ3n) is 4.47. The van der Waals surface area contributed by atoms with Crippen LogP contribution in [0.3, 0.4) is 0 Å². The van der Waals surface area contributed by atoms with Gasteiger partial charge in [0.2, 0.25) is 5.91 Å². The van der Waals surface area contributed by atoms with Crippen LogP contribution in [0.5, 0.6) is 0 Å². The molecular formula is C19H22ClF4N3O. The van der Waals surface area contributed by atoms with Gasteiger partial charge in [-0.3, -0.25) is 9.48 Å². The number of hydrogen-bond donors (Lipinski definition) is 1. The number of hydrogen-bond acceptors (Lipinski definition) is 2. The zero-order valence-corrected chi connectivity index (χ0v) is 16.9. The summed E-state index contributed by atoms with van der Waals surface area (Å²) in [4.78, 5) is 12.1. The first-order chi connectivity index (χ1) is 13.0.